The number of hydrogen-bond acceptors (Lipinski definition) is 6. The van der Waals surface area contributed by atoms with E-state index in [0.29, 0.717) is 11.1 Å². The molecule has 0 aromatic heterocycles. The van der Waals surface area contributed by atoms with Crippen LogP contribution in [-0.2, 0) is 0 Å². The van der Waals surface area contributed by atoms with Crippen LogP contribution in [0.3, 0.4) is 0 Å². The first kappa shape index (κ1) is 23.5. The van der Waals surface area contributed by atoms with Crippen molar-refractivity contribution >= 4 is 12.4 Å². The SMILES string of the molecule is OC[C@H](N=Cc1ccc(C=N[C@@H](CO)C(O)c2ccccc2)cc1)C(O)c1ccccc1. The summed E-state index contributed by atoms with van der Waals surface area (Å²) in [6.07, 6.45) is 1.44. The largest absolute Gasteiger partial charge is 0.394 e. The zero-order valence-corrected chi connectivity index (χ0v) is 17.6. The van der Waals surface area contributed by atoms with Crippen molar-refractivity contribution in [1.82, 2.24) is 0 Å². The number of rotatable bonds is 10. The summed E-state index contributed by atoms with van der Waals surface area (Å²) < 4.78 is 0. The van der Waals surface area contributed by atoms with E-state index in [2.05, 4.69) is 9.98 Å². The summed E-state index contributed by atoms with van der Waals surface area (Å²) in [5.41, 5.74) is 3.02. The van der Waals surface area contributed by atoms with E-state index in [1.807, 2.05) is 60.7 Å². The second-order valence-corrected chi connectivity index (χ2v) is 7.43. The first-order valence-electron chi connectivity index (χ1n) is 10.5. The molecule has 0 aliphatic rings. The van der Waals surface area contributed by atoms with Gasteiger partial charge in [-0.1, -0.05) is 84.9 Å². The molecule has 0 amide bonds. The first-order chi connectivity index (χ1) is 15.6. The fraction of sp³-hybridized carbons (Fsp3) is 0.231. The molecular formula is C26H28N2O4. The summed E-state index contributed by atoms with van der Waals surface area (Å²) in [4.78, 5) is 8.68. The number of benzene rings is 3. The quantitative estimate of drug-likeness (QED) is 0.370. The van der Waals surface area contributed by atoms with Crippen LogP contribution in [0.5, 0.6) is 0 Å². The Hall–Kier alpha value is -3.16. The lowest BCUT2D eigenvalue weighted by molar-refractivity contribution is 0.110. The van der Waals surface area contributed by atoms with Crippen molar-refractivity contribution in [3.63, 3.8) is 0 Å². The third-order valence-electron chi connectivity index (χ3n) is 5.15. The Morgan fingerprint density at radius 1 is 0.562 bits per heavy atom. The van der Waals surface area contributed by atoms with Gasteiger partial charge in [0, 0.05) is 12.4 Å². The summed E-state index contributed by atoms with van der Waals surface area (Å²) >= 11 is 0. The van der Waals surface area contributed by atoms with Crippen molar-refractivity contribution in [2.24, 2.45) is 9.98 Å². The van der Waals surface area contributed by atoms with Crippen LogP contribution >= 0.6 is 0 Å². The average Bonchev–Trinajstić information content (AvgIpc) is 2.86. The lowest BCUT2D eigenvalue weighted by Crippen LogP contribution is -2.21. The summed E-state index contributed by atoms with van der Waals surface area (Å²) in [6, 6.07) is 24.3. The Bertz CT molecular complexity index is 909. The van der Waals surface area contributed by atoms with Crippen LogP contribution in [0.1, 0.15) is 34.5 Å². The summed E-state index contributed by atoms with van der Waals surface area (Å²) in [5.74, 6) is 0. The van der Waals surface area contributed by atoms with Gasteiger partial charge in [-0.25, -0.2) is 0 Å². The fourth-order valence-corrected chi connectivity index (χ4v) is 3.23. The number of aliphatic hydroxyl groups is 4. The highest BCUT2D eigenvalue weighted by atomic mass is 16.3. The van der Waals surface area contributed by atoms with E-state index in [-0.39, 0.29) is 13.2 Å². The fourth-order valence-electron chi connectivity index (χ4n) is 3.23. The van der Waals surface area contributed by atoms with Crippen molar-refractivity contribution in [2.45, 2.75) is 24.3 Å². The summed E-state index contributed by atoms with van der Waals surface area (Å²) in [7, 11) is 0. The van der Waals surface area contributed by atoms with Crippen molar-refractivity contribution in [3.8, 4) is 0 Å². The van der Waals surface area contributed by atoms with Gasteiger partial charge in [-0.2, -0.15) is 0 Å². The average molecular weight is 433 g/mol. The lowest BCUT2D eigenvalue weighted by atomic mass is 10.0. The second kappa shape index (κ2) is 12.0. The molecule has 6 nitrogen and oxygen atoms in total. The molecule has 2 unspecified atom stereocenters. The van der Waals surface area contributed by atoms with Gasteiger partial charge in [0.25, 0.3) is 0 Å². The van der Waals surface area contributed by atoms with Crippen LogP contribution in [-0.4, -0.2) is 58.2 Å². The summed E-state index contributed by atoms with van der Waals surface area (Å²) in [6.45, 7) is -0.548. The molecule has 0 saturated heterocycles. The molecule has 3 aromatic carbocycles. The summed E-state index contributed by atoms with van der Waals surface area (Å²) in [5, 5.41) is 40.1. The zero-order chi connectivity index (χ0) is 22.8. The van der Waals surface area contributed by atoms with Crippen molar-refractivity contribution in [3.05, 3.63) is 107 Å². The molecule has 4 N–H and O–H groups in total. The molecule has 0 aliphatic carbocycles. The molecule has 0 spiro atoms. The van der Waals surface area contributed by atoms with E-state index in [1.165, 1.54) is 0 Å². The number of aliphatic imine (C=N–C) groups is 2. The monoisotopic (exact) mass is 432 g/mol. The minimum Gasteiger partial charge on any atom is -0.394 e. The minimum absolute atomic E-state index is 0.274. The van der Waals surface area contributed by atoms with Crippen molar-refractivity contribution in [1.29, 1.82) is 0 Å². The molecule has 0 heterocycles. The maximum absolute atomic E-state index is 10.4. The standard InChI is InChI=1S/C26H28N2O4/c29-17-23(25(31)21-7-3-1-4-8-21)27-15-19-11-13-20(14-12-19)16-28-24(18-30)26(32)22-9-5-2-6-10-22/h1-16,23-26,29-32H,17-18H2/t23-,24-,25?,26?/m0/s1. The Labute approximate surface area is 187 Å². The molecule has 0 bridgehead atoms. The maximum atomic E-state index is 10.4. The van der Waals surface area contributed by atoms with Gasteiger partial charge in [0.05, 0.1) is 13.2 Å². The third kappa shape index (κ3) is 6.42. The van der Waals surface area contributed by atoms with Gasteiger partial charge in [0.2, 0.25) is 0 Å². The molecule has 0 aliphatic heterocycles. The maximum Gasteiger partial charge on any atom is 0.104 e. The normalized spacial score (nSPS) is 15.6. The molecule has 0 radical (unpaired) electrons. The highest BCUT2D eigenvalue weighted by molar-refractivity contribution is 5.84. The molecule has 4 atom stereocenters. The van der Waals surface area contributed by atoms with E-state index in [4.69, 9.17) is 0 Å². The van der Waals surface area contributed by atoms with Gasteiger partial charge in [0.15, 0.2) is 0 Å². The molecule has 6 heteroatoms. The highest BCUT2D eigenvalue weighted by Crippen LogP contribution is 2.20. The predicted octanol–water partition coefficient (Wildman–Crippen LogP) is 2.71. The zero-order valence-electron chi connectivity index (χ0n) is 17.6. The smallest absolute Gasteiger partial charge is 0.104 e. The number of nitrogens with zero attached hydrogens (tertiary/aromatic N) is 2. The van der Waals surface area contributed by atoms with Gasteiger partial charge in [-0.3, -0.25) is 9.98 Å². The number of hydrogen-bond donors (Lipinski definition) is 4. The van der Waals surface area contributed by atoms with Gasteiger partial charge >= 0.3 is 0 Å². The van der Waals surface area contributed by atoms with E-state index >= 15 is 0 Å². The Balaban J connectivity index is 1.63. The Kier molecular flexibility index (Phi) is 8.83. The van der Waals surface area contributed by atoms with E-state index in [1.54, 1.807) is 36.7 Å². The lowest BCUT2D eigenvalue weighted by Gasteiger charge is -2.17. The van der Waals surface area contributed by atoms with Gasteiger partial charge < -0.3 is 20.4 Å². The van der Waals surface area contributed by atoms with E-state index in [0.717, 1.165) is 11.1 Å². The van der Waals surface area contributed by atoms with Crippen LogP contribution in [0.15, 0.2) is 94.9 Å². The molecule has 3 rings (SSSR count). The van der Waals surface area contributed by atoms with E-state index < -0.39 is 24.3 Å². The molecule has 0 fully saturated rings. The predicted molar refractivity (Wildman–Crippen MR) is 126 cm³/mol. The second-order valence-electron chi connectivity index (χ2n) is 7.43. The van der Waals surface area contributed by atoms with E-state index in [9.17, 15) is 20.4 Å². The molecular weight excluding hydrogens is 404 g/mol. The third-order valence-corrected chi connectivity index (χ3v) is 5.15. The van der Waals surface area contributed by atoms with Crippen LogP contribution in [0.2, 0.25) is 0 Å². The molecule has 32 heavy (non-hydrogen) atoms. The van der Waals surface area contributed by atoms with Crippen LogP contribution in [0.25, 0.3) is 0 Å². The van der Waals surface area contributed by atoms with Gasteiger partial charge in [0.1, 0.15) is 24.3 Å². The van der Waals surface area contributed by atoms with Crippen LogP contribution in [0.4, 0.5) is 0 Å². The Morgan fingerprint density at radius 3 is 1.22 bits per heavy atom. The highest BCUT2D eigenvalue weighted by Gasteiger charge is 2.19. The van der Waals surface area contributed by atoms with Gasteiger partial charge in [-0.05, 0) is 22.3 Å². The molecule has 0 saturated carbocycles. The Morgan fingerprint density at radius 2 is 0.906 bits per heavy atom. The first-order valence-corrected chi connectivity index (χ1v) is 10.5. The van der Waals surface area contributed by atoms with Crippen molar-refractivity contribution < 1.29 is 20.4 Å². The number of aliphatic hydroxyl groups excluding tert-OH is 4. The topological polar surface area (TPSA) is 106 Å². The minimum atomic E-state index is -0.893. The molecule has 3 aromatic rings. The van der Waals surface area contributed by atoms with Crippen LogP contribution in [0, 0.1) is 0 Å². The van der Waals surface area contributed by atoms with Gasteiger partial charge in [-0.15, -0.1) is 0 Å². The molecule has 166 valence electrons. The van der Waals surface area contributed by atoms with Crippen LogP contribution < -0.4 is 0 Å². The van der Waals surface area contributed by atoms with Crippen molar-refractivity contribution in [2.75, 3.05) is 13.2 Å².